The summed E-state index contributed by atoms with van der Waals surface area (Å²) < 4.78 is 6.34. The molecule has 0 N–H and O–H groups in total. The molecule has 0 aliphatic rings. The molecule has 9 rings (SSSR count). The SMILES string of the molecule is [B]c1c([B])c([B])c2c(-c3cccc4ccccc34)c3c([B])c([B])c([B])c([B])c3c(-c3ccc4oc5ccc6ccccc6c5c4c3)c2c1[B]. The first-order valence-corrected chi connectivity index (χ1v) is 15.8. The van der Waals surface area contributed by atoms with Crippen LogP contribution in [-0.2, 0) is 0 Å². The smallest absolute Gasteiger partial charge is 0.136 e. The Balaban J connectivity index is 1.56. The number of hydrogen-bond acceptors (Lipinski definition) is 1. The Bertz CT molecular complexity index is 2840. The Labute approximate surface area is 294 Å². The zero-order chi connectivity index (χ0) is 33.9. The molecule has 9 aromatic rings. The number of hydrogen-bond donors (Lipinski definition) is 0. The first-order valence-electron chi connectivity index (χ1n) is 15.8. The van der Waals surface area contributed by atoms with Crippen molar-refractivity contribution in [1.82, 2.24) is 0 Å². The van der Waals surface area contributed by atoms with Gasteiger partial charge in [-0.05, 0) is 83.5 Å². The molecular formula is C40H16B8O. The molecule has 16 radical (unpaired) electrons. The minimum atomic E-state index is 0.172. The molecule has 0 saturated heterocycles. The lowest BCUT2D eigenvalue weighted by Gasteiger charge is -2.29. The van der Waals surface area contributed by atoms with Crippen LogP contribution in [0.4, 0.5) is 0 Å². The zero-order valence-corrected chi connectivity index (χ0v) is 26.3. The summed E-state index contributed by atoms with van der Waals surface area (Å²) in [6.45, 7) is 0. The summed E-state index contributed by atoms with van der Waals surface area (Å²) in [5, 5.41) is 8.36. The second-order valence-corrected chi connectivity index (χ2v) is 12.6. The van der Waals surface area contributed by atoms with Crippen LogP contribution in [0.3, 0.4) is 0 Å². The summed E-state index contributed by atoms with van der Waals surface area (Å²) in [5.41, 5.74) is 6.18. The van der Waals surface area contributed by atoms with Crippen molar-refractivity contribution in [3.8, 4) is 22.3 Å². The van der Waals surface area contributed by atoms with Crippen molar-refractivity contribution in [1.29, 1.82) is 0 Å². The van der Waals surface area contributed by atoms with Gasteiger partial charge in [-0.1, -0.05) is 101 Å². The number of benzene rings is 8. The van der Waals surface area contributed by atoms with Crippen LogP contribution in [0.1, 0.15) is 0 Å². The summed E-state index contributed by atoms with van der Waals surface area (Å²) in [7, 11) is 54.3. The molecule has 0 saturated carbocycles. The number of furan rings is 1. The van der Waals surface area contributed by atoms with Crippen molar-refractivity contribution in [2.24, 2.45) is 0 Å². The molecule has 0 spiro atoms. The Morgan fingerprint density at radius 2 is 0.837 bits per heavy atom. The summed E-state index contributed by atoms with van der Waals surface area (Å²) in [5.74, 6) is 0. The van der Waals surface area contributed by atoms with Crippen LogP contribution in [0.2, 0.25) is 0 Å². The first kappa shape index (κ1) is 30.2. The van der Waals surface area contributed by atoms with Gasteiger partial charge in [0.05, 0.1) is 0 Å². The molecule has 206 valence electrons. The van der Waals surface area contributed by atoms with Crippen molar-refractivity contribution in [2.75, 3.05) is 0 Å². The van der Waals surface area contributed by atoms with E-state index in [1.165, 1.54) is 0 Å². The van der Waals surface area contributed by atoms with Gasteiger partial charge < -0.3 is 4.42 Å². The minimum Gasteiger partial charge on any atom is -0.456 e. The lowest BCUT2D eigenvalue weighted by atomic mass is 9.59. The Morgan fingerprint density at radius 1 is 0.347 bits per heavy atom. The molecular weight excluding hydrogens is 583 g/mol. The third-order valence-electron chi connectivity index (χ3n) is 10.0. The Kier molecular flexibility index (Phi) is 6.66. The number of fused-ring (bicyclic) bond motifs is 8. The third-order valence-corrected chi connectivity index (χ3v) is 10.0. The maximum atomic E-state index is 6.98. The fraction of sp³-hybridized carbons (Fsp3) is 0. The summed E-state index contributed by atoms with van der Waals surface area (Å²) in [6.07, 6.45) is 0. The molecule has 9 heteroatoms. The van der Waals surface area contributed by atoms with Crippen molar-refractivity contribution >= 4 is 172 Å². The summed E-state index contributed by atoms with van der Waals surface area (Å²) in [4.78, 5) is 0. The fourth-order valence-corrected chi connectivity index (χ4v) is 7.65. The Morgan fingerprint density at radius 3 is 1.45 bits per heavy atom. The van der Waals surface area contributed by atoms with E-state index in [1.807, 2.05) is 72.8 Å². The zero-order valence-electron chi connectivity index (χ0n) is 26.3. The van der Waals surface area contributed by atoms with Crippen LogP contribution < -0.4 is 43.7 Å². The predicted molar refractivity (Wildman–Crippen MR) is 218 cm³/mol. The van der Waals surface area contributed by atoms with Crippen molar-refractivity contribution in [3.63, 3.8) is 0 Å². The second kappa shape index (κ2) is 10.8. The van der Waals surface area contributed by atoms with Gasteiger partial charge in [-0.3, -0.25) is 0 Å². The highest BCUT2D eigenvalue weighted by Gasteiger charge is 2.25. The maximum Gasteiger partial charge on any atom is 0.136 e. The molecule has 0 amide bonds. The van der Waals surface area contributed by atoms with Gasteiger partial charge in [-0.15, -0.1) is 21.9 Å². The molecule has 0 fully saturated rings. The molecule has 49 heavy (non-hydrogen) atoms. The van der Waals surface area contributed by atoms with Crippen LogP contribution >= 0.6 is 0 Å². The standard InChI is InChI=1S/C40H16B8O/c41-33-29-26(19-13-14-24-23(16-19)27-21-10-4-2-7-18(21)12-15-25(27)49-24)30-32(36(44)40(48)38(46)34(30)42)28(31(29)35(43)39(47)37(33)45)22-11-5-8-17-6-1-3-9-20(17)22/h1-16H. The van der Waals surface area contributed by atoms with E-state index in [-0.39, 0.29) is 43.7 Å². The number of rotatable bonds is 2. The van der Waals surface area contributed by atoms with Crippen LogP contribution in [0.15, 0.2) is 101 Å². The van der Waals surface area contributed by atoms with Crippen LogP contribution in [0.5, 0.6) is 0 Å². The molecule has 0 atom stereocenters. The molecule has 0 bridgehead atoms. The lowest BCUT2D eigenvalue weighted by molar-refractivity contribution is 0.669. The molecule has 0 aliphatic carbocycles. The maximum absolute atomic E-state index is 6.98. The second-order valence-electron chi connectivity index (χ2n) is 12.6. The first-order chi connectivity index (χ1) is 23.7. The summed E-state index contributed by atoms with van der Waals surface area (Å²) >= 11 is 0. The lowest BCUT2D eigenvalue weighted by Crippen LogP contribution is -2.50. The van der Waals surface area contributed by atoms with E-state index in [2.05, 4.69) is 24.3 Å². The van der Waals surface area contributed by atoms with Crippen molar-refractivity contribution in [3.05, 3.63) is 97.1 Å². The van der Waals surface area contributed by atoms with E-state index in [0.29, 0.717) is 32.7 Å². The van der Waals surface area contributed by atoms with E-state index < -0.39 is 0 Å². The van der Waals surface area contributed by atoms with Gasteiger partial charge in [0.25, 0.3) is 0 Å². The topological polar surface area (TPSA) is 13.1 Å². The van der Waals surface area contributed by atoms with Gasteiger partial charge in [0, 0.05) is 10.8 Å². The average Bonchev–Trinajstić information content (AvgIpc) is 3.51. The highest BCUT2D eigenvalue weighted by Crippen LogP contribution is 2.44. The largest absolute Gasteiger partial charge is 0.456 e. The van der Waals surface area contributed by atoms with Crippen LogP contribution in [0, 0.1) is 0 Å². The monoisotopic (exact) mass is 600 g/mol. The van der Waals surface area contributed by atoms with E-state index in [4.69, 9.17) is 67.2 Å². The van der Waals surface area contributed by atoms with E-state index >= 15 is 0 Å². The van der Waals surface area contributed by atoms with Gasteiger partial charge in [0.15, 0.2) is 0 Å². The van der Waals surface area contributed by atoms with Gasteiger partial charge >= 0.3 is 0 Å². The minimum absolute atomic E-state index is 0.172. The molecule has 8 aromatic carbocycles. The van der Waals surface area contributed by atoms with Crippen molar-refractivity contribution < 1.29 is 4.42 Å². The van der Waals surface area contributed by atoms with Crippen molar-refractivity contribution in [2.45, 2.75) is 0 Å². The van der Waals surface area contributed by atoms with Gasteiger partial charge in [-0.2, -0.15) is 0 Å². The molecule has 1 aromatic heterocycles. The van der Waals surface area contributed by atoms with E-state index in [9.17, 15) is 0 Å². The normalized spacial score (nSPS) is 11.9. The highest BCUT2D eigenvalue weighted by atomic mass is 16.3. The predicted octanol–water partition coefficient (Wildman–Crippen LogP) is 1.88. The fourth-order valence-electron chi connectivity index (χ4n) is 7.65. The molecule has 0 unspecified atom stereocenters. The van der Waals surface area contributed by atoms with E-state index in [0.717, 1.165) is 54.6 Å². The quantitative estimate of drug-likeness (QED) is 0.219. The Hall–Kier alpha value is -4.88. The molecule has 1 heterocycles. The third kappa shape index (κ3) is 4.11. The van der Waals surface area contributed by atoms with Crippen LogP contribution in [0.25, 0.3) is 87.3 Å². The molecule has 1 nitrogen and oxygen atoms in total. The van der Waals surface area contributed by atoms with Gasteiger partial charge in [-0.25, -0.2) is 0 Å². The summed E-state index contributed by atoms with van der Waals surface area (Å²) in [6, 6.07) is 32.3. The average molecular weight is 599 g/mol. The van der Waals surface area contributed by atoms with E-state index in [1.54, 1.807) is 0 Å². The highest BCUT2D eigenvalue weighted by molar-refractivity contribution is 6.71. The molecule has 0 aliphatic heterocycles. The van der Waals surface area contributed by atoms with Gasteiger partial charge in [0.1, 0.15) is 73.9 Å². The van der Waals surface area contributed by atoms with Gasteiger partial charge in [0.2, 0.25) is 0 Å². The van der Waals surface area contributed by atoms with Crippen LogP contribution in [-0.4, -0.2) is 62.8 Å².